The second-order valence-corrected chi connectivity index (χ2v) is 7.53. The van der Waals surface area contributed by atoms with Gasteiger partial charge < -0.3 is 14.3 Å². The van der Waals surface area contributed by atoms with E-state index >= 15 is 0 Å². The molecule has 1 aliphatic rings. The van der Waals surface area contributed by atoms with Crippen LogP contribution in [0.4, 0.5) is 11.4 Å². The van der Waals surface area contributed by atoms with Gasteiger partial charge in [0.2, 0.25) is 5.91 Å². The van der Waals surface area contributed by atoms with E-state index in [-0.39, 0.29) is 11.8 Å². The van der Waals surface area contributed by atoms with Gasteiger partial charge >= 0.3 is 0 Å². The van der Waals surface area contributed by atoms with E-state index in [1.54, 1.807) is 0 Å². The van der Waals surface area contributed by atoms with Gasteiger partial charge in [0.25, 0.3) is 5.89 Å². The maximum atomic E-state index is 12.7. The average Bonchev–Trinajstić information content (AvgIpc) is 3.31. The molecule has 1 atom stereocenters. The van der Waals surface area contributed by atoms with Crippen LogP contribution in [0.5, 0.6) is 0 Å². The average molecular weight is 376 g/mol. The van der Waals surface area contributed by atoms with Gasteiger partial charge in [-0.25, -0.2) is 0 Å². The molecule has 3 aromatic rings. The Morgan fingerprint density at radius 2 is 1.93 bits per heavy atom. The van der Waals surface area contributed by atoms with Crippen LogP contribution in [0.1, 0.15) is 29.3 Å². The van der Waals surface area contributed by atoms with Gasteiger partial charge in [-0.2, -0.15) is 4.98 Å². The Morgan fingerprint density at radius 3 is 2.71 bits per heavy atom. The zero-order valence-electron chi connectivity index (χ0n) is 16.6. The molecular formula is C22H24N4O2. The van der Waals surface area contributed by atoms with Crippen LogP contribution in [0, 0.1) is 13.8 Å². The van der Waals surface area contributed by atoms with Gasteiger partial charge in [0.05, 0.1) is 0 Å². The Hall–Kier alpha value is -3.15. The maximum absolute atomic E-state index is 12.7. The number of aryl methyl sites for hydroxylation is 1. The van der Waals surface area contributed by atoms with E-state index in [0.29, 0.717) is 24.7 Å². The summed E-state index contributed by atoms with van der Waals surface area (Å²) in [6.45, 7) is 4.68. The number of carbonyl (C=O) groups excluding carboxylic acids is 1. The van der Waals surface area contributed by atoms with Gasteiger partial charge in [0, 0.05) is 49.9 Å². The van der Waals surface area contributed by atoms with Crippen molar-refractivity contribution in [1.82, 2.24) is 10.1 Å². The molecule has 4 rings (SSSR count). The molecule has 1 aromatic heterocycles. The Labute approximate surface area is 164 Å². The van der Waals surface area contributed by atoms with Crippen molar-refractivity contribution in [3.63, 3.8) is 0 Å². The molecular weight excluding hydrogens is 352 g/mol. The fourth-order valence-corrected chi connectivity index (χ4v) is 3.58. The maximum Gasteiger partial charge on any atom is 0.258 e. The monoisotopic (exact) mass is 376 g/mol. The molecule has 6 nitrogen and oxygen atoms in total. The Balaban J connectivity index is 1.58. The number of rotatable bonds is 4. The largest absolute Gasteiger partial charge is 0.378 e. The second-order valence-electron chi connectivity index (χ2n) is 7.53. The highest BCUT2D eigenvalue weighted by Crippen LogP contribution is 2.34. The number of aromatic nitrogens is 2. The van der Waals surface area contributed by atoms with Crippen LogP contribution in [0.25, 0.3) is 11.5 Å². The van der Waals surface area contributed by atoms with Crippen LogP contribution in [0.15, 0.2) is 47.0 Å². The van der Waals surface area contributed by atoms with Crippen molar-refractivity contribution in [1.29, 1.82) is 0 Å². The van der Waals surface area contributed by atoms with Crippen molar-refractivity contribution in [2.45, 2.75) is 26.2 Å². The van der Waals surface area contributed by atoms with Crippen LogP contribution in [-0.2, 0) is 4.79 Å². The molecule has 1 amide bonds. The molecule has 1 unspecified atom stereocenters. The topological polar surface area (TPSA) is 62.5 Å². The van der Waals surface area contributed by atoms with Crippen molar-refractivity contribution < 1.29 is 9.32 Å². The lowest BCUT2D eigenvalue weighted by Gasteiger charge is -2.19. The predicted molar refractivity (Wildman–Crippen MR) is 110 cm³/mol. The summed E-state index contributed by atoms with van der Waals surface area (Å²) in [6.07, 6.45) is 0.393. The summed E-state index contributed by atoms with van der Waals surface area (Å²) < 4.78 is 5.51. The Kier molecular flexibility index (Phi) is 4.63. The molecule has 0 saturated carbocycles. The number of anilines is 2. The molecule has 144 valence electrons. The summed E-state index contributed by atoms with van der Waals surface area (Å²) in [6, 6.07) is 14.0. The van der Waals surface area contributed by atoms with E-state index in [4.69, 9.17) is 4.52 Å². The molecule has 6 heteroatoms. The van der Waals surface area contributed by atoms with Gasteiger partial charge in [0.15, 0.2) is 5.82 Å². The smallest absolute Gasteiger partial charge is 0.258 e. The number of nitrogens with zero attached hydrogens (tertiary/aromatic N) is 4. The van der Waals surface area contributed by atoms with Gasteiger partial charge in [-0.3, -0.25) is 4.79 Å². The van der Waals surface area contributed by atoms with E-state index in [2.05, 4.69) is 30.1 Å². The van der Waals surface area contributed by atoms with E-state index in [1.165, 1.54) is 5.56 Å². The van der Waals surface area contributed by atoms with Crippen LogP contribution in [0.2, 0.25) is 0 Å². The molecule has 0 N–H and O–H groups in total. The lowest BCUT2D eigenvalue weighted by Crippen LogP contribution is -2.25. The van der Waals surface area contributed by atoms with Crippen LogP contribution < -0.4 is 9.80 Å². The van der Waals surface area contributed by atoms with Crippen molar-refractivity contribution in [3.8, 4) is 11.5 Å². The Morgan fingerprint density at radius 1 is 1.14 bits per heavy atom. The molecule has 0 bridgehead atoms. The molecule has 0 aliphatic carbocycles. The first kappa shape index (κ1) is 18.2. The summed E-state index contributed by atoms with van der Waals surface area (Å²) in [5.41, 5.74) is 5.21. The minimum atomic E-state index is -0.0676. The Bertz CT molecular complexity index is 1020. The van der Waals surface area contributed by atoms with Gasteiger partial charge in [-0.15, -0.1) is 0 Å². The van der Waals surface area contributed by atoms with E-state index in [9.17, 15) is 4.79 Å². The van der Waals surface area contributed by atoms with Gasteiger partial charge in [-0.1, -0.05) is 23.4 Å². The van der Waals surface area contributed by atoms with Gasteiger partial charge in [-0.05, 0) is 49.2 Å². The summed E-state index contributed by atoms with van der Waals surface area (Å²) in [7, 11) is 3.98. The lowest BCUT2D eigenvalue weighted by molar-refractivity contribution is -0.117. The zero-order valence-corrected chi connectivity index (χ0v) is 16.6. The first-order valence-electron chi connectivity index (χ1n) is 9.42. The van der Waals surface area contributed by atoms with Crippen molar-refractivity contribution in [3.05, 3.63) is 59.4 Å². The summed E-state index contributed by atoms with van der Waals surface area (Å²) in [5, 5.41) is 4.17. The van der Waals surface area contributed by atoms with Crippen molar-refractivity contribution in [2.75, 3.05) is 30.4 Å². The number of hydrogen-bond donors (Lipinski definition) is 0. The highest BCUT2D eigenvalue weighted by atomic mass is 16.5. The minimum Gasteiger partial charge on any atom is -0.378 e. The molecule has 1 aliphatic heterocycles. The normalized spacial score (nSPS) is 16.6. The van der Waals surface area contributed by atoms with Crippen LogP contribution >= 0.6 is 0 Å². The molecule has 1 fully saturated rings. The molecule has 2 aromatic carbocycles. The first-order chi connectivity index (χ1) is 13.4. The third kappa shape index (κ3) is 3.26. The highest BCUT2D eigenvalue weighted by Gasteiger charge is 2.35. The SMILES string of the molecule is Cc1cccc(N2CC(c3noc(-c4cccc(N(C)C)c4)n3)CC2=O)c1C. The lowest BCUT2D eigenvalue weighted by atomic mass is 10.1. The quantitative estimate of drug-likeness (QED) is 0.690. The highest BCUT2D eigenvalue weighted by molar-refractivity contribution is 5.97. The zero-order chi connectivity index (χ0) is 19.8. The number of carbonyl (C=O) groups is 1. The first-order valence-corrected chi connectivity index (χ1v) is 9.42. The summed E-state index contributed by atoms with van der Waals surface area (Å²) in [4.78, 5) is 21.1. The predicted octanol–water partition coefficient (Wildman–Crippen LogP) is 3.94. The molecule has 0 spiro atoms. The molecule has 0 radical (unpaired) electrons. The number of amides is 1. The number of hydrogen-bond acceptors (Lipinski definition) is 5. The van der Waals surface area contributed by atoms with Crippen molar-refractivity contribution in [2.24, 2.45) is 0 Å². The van der Waals surface area contributed by atoms with E-state index in [1.807, 2.05) is 60.3 Å². The van der Waals surface area contributed by atoms with E-state index < -0.39 is 0 Å². The minimum absolute atomic E-state index is 0.0676. The summed E-state index contributed by atoms with van der Waals surface area (Å²) in [5.74, 6) is 1.10. The third-order valence-corrected chi connectivity index (χ3v) is 5.41. The second kappa shape index (κ2) is 7.11. The molecule has 2 heterocycles. The van der Waals surface area contributed by atoms with E-state index in [0.717, 1.165) is 22.5 Å². The molecule has 1 saturated heterocycles. The van der Waals surface area contributed by atoms with Crippen LogP contribution in [0.3, 0.4) is 0 Å². The summed E-state index contributed by atoms with van der Waals surface area (Å²) >= 11 is 0. The van der Waals surface area contributed by atoms with Gasteiger partial charge in [0.1, 0.15) is 0 Å². The molecule has 28 heavy (non-hydrogen) atoms. The third-order valence-electron chi connectivity index (χ3n) is 5.41. The fraction of sp³-hybridized carbons (Fsp3) is 0.318. The van der Waals surface area contributed by atoms with Crippen LogP contribution in [-0.4, -0.2) is 36.7 Å². The number of benzene rings is 2. The fourth-order valence-electron chi connectivity index (χ4n) is 3.58. The standard InChI is InChI=1S/C22H24N4O2/c1-14-7-5-10-19(15(14)2)26-13-17(12-20(26)27)21-23-22(28-24-21)16-8-6-9-18(11-16)25(3)4/h5-11,17H,12-13H2,1-4H3. The van der Waals surface area contributed by atoms with Crippen molar-refractivity contribution >= 4 is 17.3 Å².